The summed E-state index contributed by atoms with van der Waals surface area (Å²) >= 11 is 0. The number of nitrogens with one attached hydrogen (secondary N) is 2. The minimum Gasteiger partial charge on any atom is -0.338 e. The number of halogens is 1. The Hall–Kier alpha value is -1.63. The molecule has 2 aliphatic rings. The second kappa shape index (κ2) is 6.47. The van der Waals surface area contributed by atoms with Gasteiger partial charge in [0, 0.05) is 18.5 Å². The molecule has 5 nitrogen and oxygen atoms in total. The van der Waals surface area contributed by atoms with Crippen LogP contribution in [0.1, 0.15) is 30.7 Å². The van der Waals surface area contributed by atoms with E-state index in [9.17, 15) is 17.6 Å². The molecule has 0 radical (unpaired) electrons. The van der Waals surface area contributed by atoms with Crippen LogP contribution in [0, 0.1) is 11.7 Å². The summed E-state index contributed by atoms with van der Waals surface area (Å²) in [4.78, 5) is 11.9. The molecule has 1 aliphatic carbocycles. The van der Waals surface area contributed by atoms with Crippen molar-refractivity contribution in [2.75, 3.05) is 18.1 Å². The van der Waals surface area contributed by atoms with E-state index in [0.717, 1.165) is 6.42 Å². The lowest BCUT2D eigenvalue weighted by molar-refractivity contribution is 0.237. The van der Waals surface area contributed by atoms with E-state index < -0.39 is 9.84 Å². The lowest BCUT2D eigenvalue weighted by Gasteiger charge is -2.22. The Balaban J connectivity index is 1.41. The maximum atomic E-state index is 13.7. The van der Waals surface area contributed by atoms with E-state index in [1.807, 2.05) is 0 Å². The maximum absolute atomic E-state index is 13.7. The quantitative estimate of drug-likeness (QED) is 0.878. The van der Waals surface area contributed by atoms with Gasteiger partial charge in [0.2, 0.25) is 0 Å². The van der Waals surface area contributed by atoms with E-state index in [4.69, 9.17) is 0 Å². The molecule has 1 heterocycles. The number of benzene rings is 1. The van der Waals surface area contributed by atoms with Crippen LogP contribution in [0.4, 0.5) is 9.18 Å². The fourth-order valence-corrected chi connectivity index (χ4v) is 4.66. The highest BCUT2D eigenvalue weighted by molar-refractivity contribution is 7.91. The fraction of sp³-hybridized carbons (Fsp3) is 0.562. The predicted molar refractivity (Wildman–Crippen MR) is 85.5 cm³/mol. The largest absolute Gasteiger partial charge is 0.338 e. The van der Waals surface area contributed by atoms with Crippen molar-refractivity contribution in [3.05, 3.63) is 35.6 Å². The van der Waals surface area contributed by atoms with Gasteiger partial charge in [0.15, 0.2) is 0 Å². The molecule has 126 valence electrons. The van der Waals surface area contributed by atoms with Crippen molar-refractivity contribution in [3.63, 3.8) is 0 Å². The minimum absolute atomic E-state index is 0.0290. The second-order valence-electron chi connectivity index (χ2n) is 6.42. The Kier molecular flexibility index (Phi) is 4.57. The number of carbonyl (C=O) groups excluding carboxylic acids is 1. The average molecular weight is 340 g/mol. The Morgan fingerprint density at radius 1 is 1.22 bits per heavy atom. The molecule has 1 saturated carbocycles. The number of hydrogen-bond acceptors (Lipinski definition) is 3. The van der Waals surface area contributed by atoms with Gasteiger partial charge in [0.1, 0.15) is 15.7 Å². The van der Waals surface area contributed by atoms with Gasteiger partial charge >= 0.3 is 6.03 Å². The average Bonchev–Trinajstić information content (AvgIpc) is 3.25. The zero-order valence-corrected chi connectivity index (χ0v) is 13.6. The summed E-state index contributed by atoms with van der Waals surface area (Å²) in [6.07, 6.45) is 1.95. The van der Waals surface area contributed by atoms with Crippen LogP contribution >= 0.6 is 0 Å². The summed E-state index contributed by atoms with van der Waals surface area (Å²) in [5.41, 5.74) is 0.648. The predicted octanol–water partition coefficient (Wildman–Crippen LogP) is 1.81. The first-order valence-corrected chi connectivity index (χ1v) is 9.76. The van der Waals surface area contributed by atoms with Gasteiger partial charge in [-0.1, -0.05) is 18.2 Å². The third-order valence-electron chi connectivity index (χ3n) is 4.64. The molecular weight excluding hydrogens is 319 g/mol. The maximum Gasteiger partial charge on any atom is 0.315 e. The number of amides is 2. The molecule has 0 aromatic heterocycles. The molecule has 2 N–H and O–H groups in total. The third-order valence-corrected chi connectivity index (χ3v) is 6.35. The molecule has 1 aliphatic heterocycles. The molecule has 1 saturated heterocycles. The standard InChI is InChI=1S/C16H21FN2O3S/c17-14-4-2-1-3-12(14)13-9-15(13)19-16(20)18-10-11-5-7-23(21,22)8-6-11/h1-4,11,13,15H,5-10H2,(H2,18,19,20). The van der Waals surface area contributed by atoms with Crippen molar-refractivity contribution < 1.29 is 17.6 Å². The zero-order chi connectivity index (χ0) is 16.4. The van der Waals surface area contributed by atoms with Crippen molar-refractivity contribution in [2.24, 2.45) is 5.92 Å². The molecule has 1 aromatic carbocycles. The first-order chi connectivity index (χ1) is 10.9. The van der Waals surface area contributed by atoms with E-state index in [0.29, 0.717) is 24.9 Å². The molecule has 3 rings (SSSR count). The number of urea groups is 1. The molecule has 2 atom stereocenters. The summed E-state index contributed by atoms with van der Waals surface area (Å²) in [7, 11) is -2.87. The van der Waals surface area contributed by atoms with E-state index in [1.54, 1.807) is 18.2 Å². The highest BCUT2D eigenvalue weighted by Gasteiger charge is 2.41. The van der Waals surface area contributed by atoms with Gasteiger partial charge in [-0.25, -0.2) is 17.6 Å². The molecular formula is C16H21FN2O3S. The van der Waals surface area contributed by atoms with Crippen LogP contribution in [0.2, 0.25) is 0 Å². The Bertz CT molecular complexity index is 678. The van der Waals surface area contributed by atoms with Crippen molar-refractivity contribution >= 4 is 15.9 Å². The number of sulfone groups is 1. The molecule has 1 aromatic rings. The van der Waals surface area contributed by atoms with Gasteiger partial charge in [-0.3, -0.25) is 0 Å². The lowest BCUT2D eigenvalue weighted by Crippen LogP contribution is -2.41. The summed E-state index contributed by atoms with van der Waals surface area (Å²) in [6.45, 7) is 0.485. The van der Waals surface area contributed by atoms with Gasteiger partial charge in [-0.05, 0) is 36.8 Å². The Labute approximate surface area is 135 Å². The zero-order valence-electron chi connectivity index (χ0n) is 12.8. The number of hydrogen-bond donors (Lipinski definition) is 2. The van der Waals surface area contributed by atoms with Crippen molar-refractivity contribution in [2.45, 2.75) is 31.2 Å². The van der Waals surface area contributed by atoms with Crippen LogP contribution in [-0.4, -0.2) is 38.5 Å². The fourth-order valence-electron chi connectivity index (χ4n) is 3.07. The SMILES string of the molecule is O=C(NCC1CCS(=O)(=O)CC1)NC1CC1c1ccccc1F. The minimum atomic E-state index is -2.87. The summed E-state index contributed by atoms with van der Waals surface area (Å²) in [6, 6.07) is 6.34. The molecule has 2 unspecified atom stereocenters. The molecule has 0 bridgehead atoms. The Morgan fingerprint density at radius 2 is 1.91 bits per heavy atom. The first kappa shape index (κ1) is 16.2. The smallest absolute Gasteiger partial charge is 0.315 e. The van der Waals surface area contributed by atoms with Crippen LogP contribution in [0.25, 0.3) is 0 Å². The van der Waals surface area contributed by atoms with E-state index in [2.05, 4.69) is 10.6 Å². The van der Waals surface area contributed by atoms with Crippen molar-refractivity contribution in [1.82, 2.24) is 10.6 Å². The van der Waals surface area contributed by atoms with Gasteiger partial charge in [0.05, 0.1) is 11.5 Å². The topological polar surface area (TPSA) is 75.3 Å². The van der Waals surface area contributed by atoms with Crippen LogP contribution < -0.4 is 10.6 Å². The van der Waals surface area contributed by atoms with Gasteiger partial charge in [-0.2, -0.15) is 0 Å². The molecule has 2 amide bonds. The molecule has 7 heteroatoms. The van der Waals surface area contributed by atoms with Crippen LogP contribution in [0.3, 0.4) is 0 Å². The van der Waals surface area contributed by atoms with Crippen molar-refractivity contribution in [3.8, 4) is 0 Å². The summed E-state index contributed by atoms with van der Waals surface area (Å²) in [5, 5.41) is 5.65. The summed E-state index contributed by atoms with van der Waals surface area (Å²) in [5.74, 6) is 0.441. The van der Waals surface area contributed by atoms with E-state index >= 15 is 0 Å². The van der Waals surface area contributed by atoms with Gasteiger partial charge in [-0.15, -0.1) is 0 Å². The van der Waals surface area contributed by atoms with Crippen LogP contribution in [0.15, 0.2) is 24.3 Å². The first-order valence-electron chi connectivity index (χ1n) is 7.94. The molecule has 23 heavy (non-hydrogen) atoms. The molecule has 0 spiro atoms. The monoisotopic (exact) mass is 340 g/mol. The number of rotatable bonds is 4. The normalized spacial score (nSPS) is 26.5. The highest BCUT2D eigenvalue weighted by atomic mass is 32.2. The van der Waals surface area contributed by atoms with Crippen molar-refractivity contribution in [1.29, 1.82) is 0 Å². The van der Waals surface area contributed by atoms with Gasteiger partial charge in [0.25, 0.3) is 0 Å². The van der Waals surface area contributed by atoms with E-state index in [1.165, 1.54) is 6.07 Å². The molecule has 2 fully saturated rings. The van der Waals surface area contributed by atoms with Gasteiger partial charge < -0.3 is 10.6 Å². The Morgan fingerprint density at radius 3 is 2.61 bits per heavy atom. The second-order valence-corrected chi connectivity index (χ2v) is 8.72. The highest BCUT2D eigenvalue weighted by Crippen LogP contribution is 2.41. The van der Waals surface area contributed by atoms with E-state index in [-0.39, 0.29) is 41.2 Å². The third kappa shape index (κ3) is 4.22. The number of carbonyl (C=O) groups is 1. The summed E-state index contributed by atoms with van der Waals surface area (Å²) < 4.78 is 36.4. The van der Waals surface area contributed by atoms with Crippen LogP contribution in [-0.2, 0) is 9.84 Å². The van der Waals surface area contributed by atoms with Crippen LogP contribution in [0.5, 0.6) is 0 Å². The lowest BCUT2D eigenvalue weighted by atomic mass is 10.0.